The number of alkyl halides is 1. The Labute approximate surface area is 193 Å². The number of hydrogen-bond acceptors (Lipinski definition) is 3. The molecule has 2 aromatic heterocycles. The highest BCUT2D eigenvalue weighted by Crippen LogP contribution is 2.49. The second kappa shape index (κ2) is 6.91. The van der Waals surface area contributed by atoms with E-state index in [9.17, 15) is 4.79 Å². The third-order valence-electron chi connectivity index (χ3n) is 7.35. The molecule has 31 heavy (non-hydrogen) atoms. The molecule has 0 spiro atoms. The maximum Gasteiger partial charge on any atom is 0.261 e. The summed E-state index contributed by atoms with van der Waals surface area (Å²) < 4.78 is 0. The minimum Gasteiger partial charge on any atom is -0.269 e. The molecule has 162 valence electrons. The zero-order valence-electron chi connectivity index (χ0n) is 19.5. The second-order valence-corrected chi connectivity index (χ2v) is 9.97. The largest absolute Gasteiger partial charge is 0.269 e. The van der Waals surface area contributed by atoms with Gasteiger partial charge < -0.3 is 0 Å². The highest BCUT2D eigenvalue weighted by molar-refractivity contribution is 6.33. The van der Waals surface area contributed by atoms with Crippen LogP contribution in [0.3, 0.4) is 0 Å². The first kappa shape index (κ1) is 22.0. The third-order valence-corrected chi connectivity index (χ3v) is 8.08. The average molecular weight is 456 g/mol. The van der Waals surface area contributed by atoms with Gasteiger partial charge in [0.25, 0.3) is 5.91 Å². The maximum atomic E-state index is 13.8. The molecule has 1 aliphatic rings. The quantitative estimate of drug-likeness (QED) is 0.229. The summed E-state index contributed by atoms with van der Waals surface area (Å²) in [4.78, 5) is 23.7. The molecule has 4 rings (SSSR count). The number of nitrogens with zero attached hydrogens (tertiary/aromatic N) is 3. The fraction of sp³-hybridized carbons (Fsp3) is 0.400. The summed E-state index contributed by atoms with van der Waals surface area (Å²) in [6.45, 7) is 18.1. The van der Waals surface area contributed by atoms with Crippen molar-refractivity contribution in [2.75, 3.05) is 4.90 Å². The summed E-state index contributed by atoms with van der Waals surface area (Å²) in [5.74, 6) is 0.408. The molecule has 0 bridgehead atoms. The number of aryl methyl sites for hydroxylation is 2. The minimum atomic E-state index is -1.05. The molecule has 3 aromatic rings. The molecule has 1 aliphatic heterocycles. The van der Waals surface area contributed by atoms with Gasteiger partial charge >= 0.3 is 0 Å². The summed E-state index contributed by atoms with van der Waals surface area (Å²) in [7, 11) is 0. The maximum absolute atomic E-state index is 13.8. The van der Waals surface area contributed by atoms with Crippen LogP contribution in [0.2, 0.25) is 5.15 Å². The standard InChI is InChI=1S/C25H27Cl2N3O/c1-10-11(2)15(6)20-19(12(10)3)24(31)30(25(20,9)27)23-17(8)14(5)18-13(4)16(7)21(26)28-22(18)29-23/h1-9H3. The first-order valence-corrected chi connectivity index (χ1v) is 11.2. The first-order valence-electron chi connectivity index (χ1n) is 10.4. The molecule has 1 unspecified atom stereocenters. The lowest BCUT2D eigenvalue weighted by Crippen LogP contribution is -2.39. The van der Waals surface area contributed by atoms with Gasteiger partial charge in [0.1, 0.15) is 16.0 Å². The van der Waals surface area contributed by atoms with Crippen molar-refractivity contribution in [3.8, 4) is 0 Å². The van der Waals surface area contributed by atoms with E-state index in [1.54, 1.807) is 4.90 Å². The van der Waals surface area contributed by atoms with Crippen LogP contribution in [0.1, 0.15) is 67.4 Å². The number of anilines is 1. The molecular formula is C25H27Cl2N3O. The van der Waals surface area contributed by atoms with E-state index in [1.165, 1.54) is 0 Å². The van der Waals surface area contributed by atoms with Crippen molar-refractivity contribution in [1.82, 2.24) is 9.97 Å². The molecular weight excluding hydrogens is 429 g/mol. The average Bonchev–Trinajstić information content (AvgIpc) is 2.91. The van der Waals surface area contributed by atoms with Crippen LogP contribution < -0.4 is 4.90 Å². The number of carbonyl (C=O) groups excluding carboxylic acids is 1. The molecule has 0 saturated heterocycles. The van der Waals surface area contributed by atoms with E-state index in [-0.39, 0.29) is 5.91 Å². The second-order valence-electron chi connectivity index (χ2n) is 8.88. The Bertz CT molecular complexity index is 1330. The van der Waals surface area contributed by atoms with Crippen LogP contribution in [0, 0.1) is 55.4 Å². The van der Waals surface area contributed by atoms with Crippen molar-refractivity contribution < 1.29 is 4.79 Å². The van der Waals surface area contributed by atoms with Gasteiger partial charge in [-0.1, -0.05) is 23.2 Å². The van der Waals surface area contributed by atoms with E-state index < -0.39 is 5.00 Å². The molecule has 1 amide bonds. The number of amides is 1. The molecule has 0 aliphatic carbocycles. The van der Waals surface area contributed by atoms with Gasteiger partial charge in [0, 0.05) is 10.9 Å². The molecule has 6 heteroatoms. The topological polar surface area (TPSA) is 46.1 Å². The van der Waals surface area contributed by atoms with Crippen LogP contribution in [-0.2, 0) is 5.00 Å². The van der Waals surface area contributed by atoms with Gasteiger partial charge in [-0.25, -0.2) is 9.97 Å². The van der Waals surface area contributed by atoms with Gasteiger partial charge in [-0.3, -0.25) is 9.69 Å². The molecule has 4 nitrogen and oxygen atoms in total. The molecule has 0 fully saturated rings. The monoisotopic (exact) mass is 455 g/mol. The zero-order chi connectivity index (χ0) is 23.2. The van der Waals surface area contributed by atoms with E-state index in [4.69, 9.17) is 28.2 Å². The van der Waals surface area contributed by atoms with Crippen LogP contribution in [0.5, 0.6) is 0 Å². The smallest absolute Gasteiger partial charge is 0.261 e. The molecule has 3 heterocycles. The number of benzene rings is 1. The first-order chi connectivity index (χ1) is 14.3. The van der Waals surface area contributed by atoms with E-state index in [0.29, 0.717) is 22.2 Å². The predicted octanol–water partition coefficient (Wildman–Crippen LogP) is 6.82. The number of rotatable bonds is 1. The van der Waals surface area contributed by atoms with E-state index >= 15 is 0 Å². The SMILES string of the molecule is Cc1c(C)c(C)c2c(c1C)C(=O)N(c1nc3nc(Cl)c(C)c(C)c3c(C)c1C)C2(C)Cl. The van der Waals surface area contributed by atoms with Crippen LogP contribution in [0.25, 0.3) is 11.0 Å². The lowest BCUT2D eigenvalue weighted by atomic mass is 9.88. The molecule has 0 saturated carbocycles. The molecule has 1 atom stereocenters. The number of fused-ring (bicyclic) bond motifs is 2. The van der Waals surface area contributed by atoms with Gasteiger partial charge in [-0.05, 0) is 107 Å². The highest BCUT2D eigenvalue weighted by atomic mass is 35.5. The number of pyridine rings is 2. The Morgan fingerprint density at radius 1 is 0.742 bits per heavy atom. The van der Waals surface area contributed by atoms with E-state index in [0.717, 1.165) is 55.5 Å². The third kappa shape index (κ3) is 2.77. The van der Waals surface area contributed by atoms with Gasteiger partial charge in [0.05, 0.1) is 5.56 Å². The Morgan fingerprint density at radius 3 is 1.90 bits per heavy atom. The van der Waals surface area contributed by atoms with Gasteiger partial charge in [0.2, 0.25) is 0 Å². The zero-order valence-corrected chi connectivity index (χ0v) is 21.0. The normalized spacial score (nSPS) is 18.3. The Kier molecular flexibility index (Phi) is 4.92. The van der Waals surface area contributed by atoms with Crippen LogP contribution >= 0.6 is 23.2 Å². The highest BCUT2D eigenvalue weighted by Gasteiger charge is 2.49. The van der Waals surface area contributed by atoms with Crippen molar-refractivity contribution >= 4 is 46.0 Å². The van der Waals surface area contributed by atoms with Crippen LogP contribution in [0.4, 0.5) is 5.82 Å². The summed E-state index contributed by atoms with van der Waals surface area (Å²) >= 11 is 13.6. The number of carbonyl (C=O) groups is 1. The summed E-state index contributed by atoms with van der Waals surface area (Å²) in [5.41, 5.74) is 10.3. The Balaban J connectivity index is 2.07. The summed E-state index contributed by atoms with van der Waals surface area (Å²) in [5, 5.41) is 1.40. The van der Waals surface area contributed by atoms with Crippen LogP contribution in [0.15, 0.2) is 0 Å². The number of halogens is 2. The Morgan fingerprint density at radius 2 is 1.29 bits per heavy atom. The Hall–Kier alpha value is -2.17. The number of hydrogen-bond donors (Lipinski definition) is 0. The molecule has 0 radical (unpaired) electrons. The predicted molar refractivity (Wildman–Crippen MR) is 129 cm³/mol. The van der Waals surface area contributed by atoms with Crippen LogP contribution in [-0.4, -0.2) is 15.9 Å². The molecule has 1 aromatic carbocycles. The van der Waals surface area contributed by atoms with Crippen molar-refractivity contribution in [2.45, 2.75) is 67.3 Å². The fourth-order valence-electron chi connectivity index (χ4n) is 4.89. The van der Waals surface area contributed by atoms with Crippen molar-refractivity contribution in [1.29, 1.82) is 0 Å². The summed E-state index contributed by atoms with van der Waals surface area (Å²) in [6.07, 6.45) is 0. The van der Waals surface area contributed by atoms with Gasteiger partial charge in [-0.15, -0.1) is 0 Å². The van der Waals surface area contributed by atoms with Crippen molar-refractivity contribution in [3.05, 3.63) is 60.8 Å². The lowest BCUT2D eigenvalue weighted by Gasteiger charge is -2.32. The van der Waals surface area contributed by atoms with E-state index in [2.05, 4.69) is 18.8 Å². The minimum absolute atomic E-state index is 0.125. The lowest BCUT2D eigenvalue weighted by molar-refractivity contribution is 0.0987. The van der Waals surface area contributed by atoms with Crippen molar-refractivity contribution in [3.63, 3.8) is 0 Å². The van der Waals surface area contributed by atoms with E-state index in [1.807, 2.05) is 48.5 Å². The van der Waals surface area contributed by atoms with Gasteiger partial charge in [0.15, 0.2) is 5.65 Å². The number of aromatic nitrogens is 2. The molecule has 0 N–H and O–H groups in total. The fourth-order valence-corrected chi connectivity index (χ4v) is 5.50. The summed E-state index contributed by atoms with van der Waals surface area (Å²) in [6, 6.07) is 0. The van der Waals surface area contributed by atoms with Gasteiger partial charge in [-0.2, -0.15) is 0 Å². The van der Waals surface area contributed by atoms with Crippen molar-refractivity contribution in [2.24, 2.45) is 0 Å².